The predicted molar refractivity (Wildman–Crippen MR) is 75.9 cm³/mol. The van der Waals surface area contributed by atoms with Gasteiger partial charge in [0, 0.05) is 22.4 Å². The molecule has 1 heterocycles. The summed E-state index contributed by atoms with van der Waals surface area (Å²) in [5, 5.41) is 5.15. The van der Waals surface area contributed by atoms with Gasteiger partial charge in [-0.05, 0) is 42.1 Å². The van der Waals surface area contributed by atoms with Crippen LogP contribution in [0, 0.1) is 0 Å². The molecule has 1 fully saturated rings. The van der Waals surface area contributed by atoms with Crippen LogP contribution >= 0.6 is 11.3 Å². The number of carbonyl (C=O) groups excluding carboxylic acids is 1. The Kier molecular flexibility index (Phi) is 3.25. The highest BCUT2D eigenvalue weighted by molar-refractivity contribution is 7.10. The van der Waals surface area contributed by atoms with E-state index in [-0.39, 0.29) is 11.9 Å². The van der Waals surface area contributed by atoms with Crippen LogP contribution in [0.4, 0.5) is 0 Å². The van der Waals surface area contributed by atoms with Gasteiger partial charge in [0.05, 0.1) is 7.11 Å². The van der Waals surface area contributed by atoms with Crippen LogP contribution in [0.5, 0.6) is 5.75 Å². The number of ether oxygens (including phenoxy) is 1. The van der Waals surface area contributed by atoms with Crippen molar-refractivity contribution < 1.29 is 9.53 Å². The number of benzene rings is 1. The molecule has 0 radical (unpaired) electrons. The summed E-state index contributed by atoms with van der Waals surface area (Å²) in [5.74, 6) is 1.26. The highest BCUT2D eigenvalue weighted by Gasteiger charge is 2.40. The van der Waals surface area contributed by atoms with Crippen molar-refractivity contribution in [1.82, 2.24) is 5.32 Å². The van der Waals surface area contributed by atoms with Gasteiger partial charge in [-0.2, -0.15) is 0 Å². The molecule has 0 aliphatic heterocycles. The summed E-state index contributed by atoms with van der Waals surface area (Å²) in [4.78, 5) is 13.4. The van der Waals surface area contributed by atoms with Crippen molar-refractivity contribution in [2.24, 2.45) is 0 Å². The molecule has 98 valence electrons. The third-order valence-corrected chi connectivity index (χ3v) is 4.37. The normalized spacial score (nSPS) is 20.9. The number of amides is 1. The topological polar surface area (TPSA) is 38.3 Å². The summed E-state index contributed by atoms with van der Waals surface area (Å²) in [7, 11) is 1.62. The van der Waals surface area contributed by atoms with Crippen LogP contribution in [0.3, 0.4) is 0 Å². The lowest BCUT2D eigenvalue weighted by molar-refractivity contribution is 0.0950. The van der Waals surface area contributed by atoms with Crippen LogP contribution in [0.1, 0.15) is 27.6 Å². The van der Waals surface area contributed by atoms with Crippen LogP contribution in [0.25, 0.3) is 0 Å². The van der Waals surface area contributed by atoms with Gasteiger partial charge in [0.15, 0.2) is 0 Å². The van der Waals surface area contributed by atoms with Crippen LogP contribution in [0.15, 0.2) is 41.8 Å². The molecule has 3 nitrogen and oxygen atoms in total. The fourth-order valence-electron chi connectivity index (χ4n) is 2.17. The first-order valence-electron chi connectivity index (χ1n) is 6.26. The second-order valence-electron chi connectivity index (χ2n) is 4.67. The zero-order valence-corrected chi connectivity index (χ0v) is 11.4. The Hall–Kier alpha value is -1.81. The first-order chi connectivity index (χ1) is 9.28. The highest BCUT2D eigenvalue weighted by Crippen LogP contribution is 2.42. The van der Waals surface area contributed by atoms with Crippen LogP contribution < -0.4 is 10.1 Å². The van der Waals surface area contributed by atoms with Gasteiger partial charge in [0.1, 0.15) is 5.75 Å². The number of nitrogens with one attached hydrogen (secondary N) is 1. The van der Waals surface area contributed by atoms with Crippen LogP contribution in [-0.2, 0) is 0 Å². The van der Waals surface area contributed by atoms with Crippen molar-refractivity contribution in [1.29, 1.82) is 0 Å². The second-order valence-corrected chi connectivity index (χ2v) is 5.65. The van der Waals surface area contributed by atoms with E-state index in [2.05, 4.69) is 22.8 Å². The number of hydrogen-bond acceptors (Lipinski definition) is 3. The van der Waals surface area contributed by atoms with E-state index in [0.29, 0.717) is 11.5 Å². The number of thiophene rings is 1. The van der Waals surface area contributed by atoms with Gasteiger partial charge >= 0.3 is 0 Å². The Morgan fingerprint density at radius 3 is 2.74 bits per heavy atom. The summed E-state index contributed by atoms with van der Waals surface area (Å²) in [6, 6.07) is 11.7. The summed E-state index contributed by atoms with van der Waals surface area (Å²) < 4.78 is 5.08. The largest absolute Gasteiger partial charge is 0.497 e. The van der Waals surface area contributed by atoms with Gasteiger partial charge in [-0.1, -0.05) is 6.07 Å². The monoisotopic (exact) mass is 273 g/mol. The molecule has 3 rings (SSSR count). The van der Waals surface area contributed by atoms with Gasteiger partial charge in [0.25, 0.3) is 5.91 Å². The molecular formula is C15H15NO2S. The van der Waals surface area contributed by atoms with E-state index in [0.717, 1.165) is 12.2 Å². The maximum Gasteiger partial charge on any atom is 0.251 e. The lowest BCUT2D eigenvalue weighted by Crippen LogP contribution is -2.26. The summed E-state index contributed by atoms with van der Waals surface area (Å²) >= 11 is 1.76. The average molecular weight is 273 g/mol. The molecule has 2 unspecified atom stereocenters. The van der Waals surface area contributed by atoms with E-state index in [1.54, 1.807) is 42.7 Å². The van der Waals surface area contributed by atoms with Crippen LogP contribution in [0.2, 0.25) is 0 Å². The molecule has 1 aromatic carbocycles. The van der Waals surface area contributed by atoms with Gasteiger partial charge < -0.3 is 10.1 Å². The average Bonchev–Trinajstić information content (AvgIpc) is 3.00. The van der Waals surface area contributed by atoms with Crippen LogP contribution in [-0.4, -0.2) is 19.1 Å². The zero-order chi connectivity index (χ0) is 13.2. The first-order valence-corrected chi connectivity index (χ1v) is 7.14. The number of methoxy groups -OCH3 is 1. The molecule has 1 saturated carbocycles. The Balaban J connectivity index is 1.60. The minimum absolute atomic E-state index is 0.00768. The highest BCUT2D eigenvalue weighted by atomic mass is 32.1. The molecule has 0 saturated heterocycles. The van der Waals surface area contributed by atoms with Gasteiger partial charge in [-0.3, -0.25) is 4.79 Å². The molecule has 0 bridgehead atoms. The molecule has 4 heteroatoms. The summed E-state index contributed by atoms with van der Waals surface area (Å²) in [5.41, 5.74) is 0.678. The molecule has 1 aliphatic rings. The van der Waals surface area contributed by atoms with E-state index in [4.69, 9.17) is 4.74 Å². The maximum atomic E-state index is 12.1. The Morgan fingerprint density at radius 1 is 1.32 bits per heavy atom. The van der Waals surface area contributed by atoms with Gasteiger partial charge in [-0.25, -0.2) is 0 Å². The Labute approximate surface area is 116 Å². The second kappa shape index (κ2) is 5.05. The Bertz CT molecular complexity index is 562. The minimum atomic E-state index is -0.00768. The maximum absolute atomic E-state index is 12.1. The number of hydrogen-bond donors (Lipinski definition) is 1. The molecule has 1 aliphatic carbocycles. The molecule has 1 amide bonds. The zero-order valence-electron chi connectivity index (χ0n) is 10.6. The van der Waals surface area contributed by atoms with Crippen molar-refractivity contribution in [3.05, 3.63) is 52.2 Å². The van der Waals surface area contributed by atoms with E-state index >= 15 is 0 Å². The minimum Gasteiger partial charge on any atom is -0.497 e. The van der Waals surface area contributed by atoms with Crippen molar-refractivity contribution in [2.75, 3.05) is 7.11 Å². The van der Waals surface area contributed by atoms with Gasteiger partial charge in [0.2, 0.25) is 0 Å². The predicted octanol–water partition coefficient (Wildman–Crippen LogP) is 3.04. The molecule has 2 atom stereocenters. The Morgan fingerprint density at radius 2 is 2.11 bits per heavy atom. The van der Waals surface area contributed by atoms with E-state index in [1.807, 2.05) is 0 Å². The SMILES string of the molecule is COc1ccc(C(=O)NC2CC2c2cccs2)cc1. The van der Waals surface area contributed by atoms with Crippen molar-refractivity contribution >= 4 is 17.2 Å². The third kappa shape index (κ3) is 2.63. The van der Waals surface area contributed by atoms with E-state index in [1.165, 1.54) is 4.88 Å². The molecule has 19 heavy (non-hydrogen) atoms. The molecule has 1 N–H and O–H groups in total. The number of rotatable bonds is 4. The van der Waals surface area contributed by atoms with E-state index < -0.39 is 0 Å². The van der Waals surface area contributed by atoms with Crippen molar-refractivity contribution in [2.45, 2.75) is 18.4 Å². The quantitative estimate of drug-likeness (QED) is 0.930. The lowest BCUT2D eigenvalue weighted by Gasteiger charge is -2.05. The summed E-state index contributed by atoms with van der Waals surface area (Å²) in [6.07, 6.45) is 1.04. The first kappa shape index (κ1) is 12.2. The molecule has 2 aromatic rings. The molecule has 1 aromatic heterocycles. The smallest absolute Gasteiger partial charge is 0.251 e. The van der Waals surface area contributed by atoms with Gasteiger partial charge in [-0.15, -0.1) is 11.3 Å². The third-order valence-electron chi connectivity index (χ3n) is 3.37. The van der Waals surface area contributed by atoms with Crippen molar-refractivity contribution in [3.63, 3.8) is 0 Å². The lowest BCUT2D eigenvalue weighted by atomic mass is 10.2. The molecular weight excluding hydrogens is 258 g/mol. The summed E-state index contributed by atoms with van der Waals surface area (Å²) in [6.45, 7) is 0. The van der Waals surface area contributed by atoms with E-state index in [9.17, 15) is 4.79 Å². The number of carbonyl (C=O) groups is 1. The standard InChI is InChI=1S/C15H15NO2S/c1-18-11-6-4-10(5-7-11)15(17)16-13-9-12(13)14-3-2-8-19-14/h2-8,12-13H,9H2,1H3,(H,16,17). The van der Waals surface area contributed by atoms with Crippen molar-refractivity contribution in [3.8, 4) is 5.75 Å². The fraction of sp³-hybridized carbons (Fsp3) is 0.267. The fourth-order valence-corrected chi connectivity index (χ4v) is 3.07. The molecule has 0 spiro atoms.